The van der Waals surface area contributed by atoms with Crippen LogP contribution in [0.3, 0.4) is 0 Å². The lowest BCUT2D eigenvalue weighted by Crippen LogP contribution is -1.86. The van der Waals surface area contributed by atoms with E-state index in [0.29, 0.717) is 0 Å². The Bertz CT molecular complexity index is 297. The summed E-state index contributed by atoms with van der Waals surface area (Å²) in [4.78, 5) is 12.7. The number of aromatic nitrogens is 1. The van der Waals surface area contributed by atoms with Crippen LogP contribution in [0.4, 0.5) is 4.79 Å². The fourth-order valence-corrected chi connectivity index (χ4v) is 1.66. The first kappa shape index (κ1) is 16.4. The number of nitrogens with zero attached hydrogens (tertiary/aromatic N) is 1. The molecule has 1 aromatic rings. The zero-order chi connectivity index (χ0) is 13.6. The van der Waals surface area contributed by atoms with Crippen molar-refractivity contribution >= 4 is 6.16 Å². The van der Waals surface area contributed by atoms with Gasteiger partial charge in [0.2, 0.25) is 0 Å². The minimum absolute atomic E-state index is 1.19. The summed E-state index contributed by atoms with van der Waals surface area (Å²) in [5.41, 5.74) is 1.38. The van der Waals surface area contributed by atoms with Crippen molar-refractivity contribution in [1.82, 2.24) is 4.98 Å². The maximum Gasteiger partial charge on any atom is 0.503 e. The number of hydrogen-bond donors (Lipinski definition) is 2. The molecule has 0 amide bonds. The number of unbranched alkanes of at least 4 members (excludes halogenated alkanes) is 5. The van der Waals surface area contributed by atoms with Crippen LogP contribution in [0, 0.1) is 0 Å². The van der Waals surface area contributed by atoms with Crippen LogP contribution in [0.15, 0.2) is 24.5 Å². The van der Waals surface area contributed by atoms with E-state index in [1.54, 1.807) is 0 Å². The predicted octanol–water partition coefficient (Wildman–Crippen LogP) is 4.21. The smallest absolute Gasteiger partial charge is 0.450 e. The molecule has 1 aromatic heterocycles. The quantitative estimate of drug-likeness (QED) is 0.714. The van der Waals surface area contributed by atoms with Gasteiger partial charge in [-0.05, 0) is 24.5 Å². The summed E-state index contributed by atoms with van der Waals surface area (Å²) in [6.07, 6.45) is 11.4. The molecule has 0 saturated carbocycles. The standard InChI is InChI=1S/C13H21N.CH2O3/c1-2-3-4-5-6-7-9-13-10-8-11-14-12-13;2-1(3)4/h8,10-12H,2-7,9H2,1H3;(H2,2,3,4). The lowest BCUT2D eigenvalue weighted by molar-refractivity contribution is 0.137. The van der Waals surface area contributed by atoms with Crippen molar-refractivity contribution in [3.63, 3.8) is 0 Å². The number of carboxylic acid groups (broad SMARTS) is 2. The van der Waals surface area contributed by atoms with Gasteiger partial charge < -0.3 is 10.2 Å². The summed E-state index contributed by atoms with van der Waals surface area (Å²) in [5.74, 6) is 0. The van der Waals surface area contributed by atoms with Crippen LogP contribution in [0.5, 0.6) is 0 Å². The predicted molar refractivity (Wildman–Crippen MR) is 72.0 cm³/mol. The maximum absolute atomic E-state index is 8.56. The first-order valence-electron chi connectivity index (χ1n) is 6.47. The van der Waals surface area contributed by atoms with E-state index >= 15 is 0 Å². The van der Waals surface area contributed by atoms with E-state index in [0.717, 1.165) is 0 Å². The largest absolute Gasteiger partial charge is 0.503 e. The third kappa shape index (κ3) is 12.5. The van der Waals surface area contributed by atoms with Gasteiger partial charge in [0, 0.05) is 12.4 Å². The minimum atomic E-state index is -1.83. The molecule has 18 heavy (non-hydrogen) atoms. The highest BCUT2D eigenvalue weighted by Crippen LogP contribution is 2.08. The van der Waals surface area contributed by atoms with Gasteiger partial charge in [0.15, 0.2) is 0 Å². The molecule has 4 heteroatoms. The first-order valence-corrected chi connectivity index (χ1v) is 6.47. The number of hydrogen-bond acceptors (Lipinski definition) is 2. The normalized spacial score (nSPS) is 9.39. The molecule has 1 rings (SSSR count). The van der Waals surface area contributed by atoms with Crippen molar-refractivity contribution in [2.75, 3.05) is 0 Å². The lowest BCUT2D eigenvalue weighted by atomic mass is 10.1. The van der Waals surface area contributed by atoms with E-state index in [9.17, 15) is 0 Å². The maximum atomic E-state index is 8.56. The molecule has 0 fully saturated rings. The monoisotopic (exact) mass is 253 g/mol. The Kier molecular flexibility index (Phi) is 10.8. The van der Waals surface area contributed by atoms with Crippen molar-refractivity contribution in [2.24, 2.45) is 0 Å². The molecule has 0 aliphatic carbocycles. The molecule has 0 aliphatic heterocycles. The molecule has 0 aliphatic rings. The minimum Gasteiger partial charge on any atom is -0.450 e. The van der Waals surface area contributed by atoms with Crippen molar-refractivity contribution < 1.29 is 15.0 Å². The summed E-state index contributed by atoms with van der Waals surface area (Å²) < 4.78 is 0. The zero-order valence-corrected chi connectivity index (χ0v) is 11.0. The molecule has 0 aromatic carbocycles. The van der Waals surface area contributed by atoms with Crippen LogP contribution in [0.25, 0.3) is 0 Å². The van der Waals surface area contributed by atoms with Crippen LogP contribution < -0.4 is 0 Å². The van der Waals surface area contributed by atoms with Gasteiger partial charge in [-0.2, -0.15) is 0 Å². The number of pyridine rings is 1. The highest BCUT2D eigenvalue weighted by atomic mass is 16.6. The van der Waals surface area contributed by atoms with Gasteiger partial charge in [0.1, 0.15) is 0 Å². The molecule has 0 saturated heterocycles. The second-order valence-corrected chi connectivity index (χ2v) is 4.16. The molecule has 0 radical (unpaired) electrons. The lowest BCUT2D eigenvalue weighted by Gasteiger charge is -2.00. The summed E-state index contributed by atoms with van der Waals surface area (Å²) in [5, 5.41) is 13.9. The third-order valence-corrected chi connectivity index (χ3v) is 2.54. The topological polar surface area (TPSA) is 70.4 Å². The van der Waals surface area contributed by atoms with E-state index in [4.69, 9.17) is 15.0 Å². The Morgan fingerprint density at radius 2 is 1.78 bits per heavy atom. The van der Waals surface area contributed by atoms with Gasteiger partial charge in [-0.1, -0.05) is 45.1 Å². The highest BCUT2D eigenvalue weighted by Gasteiger charge is 1.92. The first-order chi connectivity index (χ1) is 8.66. The van der Waals surface area contributed by atoms with Crippen molar-refractivity contribution in [3.05, 3.63) is 30.1 Å². The number of carbonyl (C=O) groups is 1. The van der Waals surface area contributed by atoms with Gasteiger partial charge in [-0.3, -0.25) is 4.98 Å². The molecule has 0 bridgehead atoms. The van der Waals surface area contributed by atoms with Gasteiger partial charge in [-0.25, -0.2) is 4.79 Å². The van der Waals surface area contributed by atoms with E-state index in [2.05, 4.69) is 18.0 Å². The van der Waals surface area contributed by atoms with Gasteiger partial charge in [-0.15, -0.1) is 0 Å². The highest BCUT2D eigenvalue weighted by molar-refractivity contribution is 5.53. The van der Waals surface area contributed by atoms with E-state index in [1.165, 1.54) is 50.5 Å². The van der Waals surface area contributed by atoms with Crippen LogP contribution in [0.1, 0.15) is 51.0 Å². The molecule has 0 spiro atoms. The van der Waals surface area contributed by atoms with Crippen LogP contribution in [-0.2, 0) is 6.42 Å². The van der Waals surface area contributed by atoms with Gasteiger partial charge in [0.05, 0.1) is 0 Å². The van der Waals surface area contributed by atoms with E-state index < -0.39 is 6.16 Å². The van der Waals surface area contributed by atoms with Crippen LogP contribution in [-0.4, -0.2) is 21.4 Å². The molecule has 1 heterocycles. The average Bonchev–Trinajstić information content (AvgIpc) is 2.34. The van der Waals surface area contributed by atoms with Gasteiger partial charge >= 0.3 is 6.16 Å². The second-order valence-electron chi connectivity index (χ2n) is 4.16. The Balaban J connectivity index is 0.000000631. The molecular weight excluding hydrogens is 230 g/mol. The fraction of sp³-hybridized carbons (Fsp3) is 0.571. The summed E-state index contributed by atoms with van der Waals surface area (Å²) in [6, 6.07) is 4.19. The molecule has 0 atom stereocenters. The molecule has 2 N–H and O–H groups in total. The third-order valence-electron chi connectivity index (χ3n) is 2.54. The van der Waals surface area contributed by atoms with E-state index in [-0.39, 0.29) is 0 Å². The zero-order valence-electron chi connectivity index (χ0n) is 11.0. The van der Waals surface area contributed by atoms with E-state index in [1.807, 2.05) is 18.5 Å². The fourth-order valence-electron chi connectivity index (χ4n) is 1.66. The molecule has 4 nitrogen and oxygen atoms in total. The second kappa shape index (κ2) is 11.9. The summed E-state index contributed by atoms with van der Waals surface area (Å²) in [7, 11) is 0. The Hall–Kier alpha value is -1.58. The average molecular weight is 253 g/mol. The molecular formula is C14H23NO3. The van der Waals surface area contributed by atoms with Gasteiger partial charge in [0.25, 0.3) is 0 Å². The number of rotatable bonds is 7. The SMILES string of the molecule is CCCCCCCCc1cccnc1.O=C(O)O. The van der Waals surface area contributed by atoms with Crippen molar-refractivity contribution in [2.45, 2.75) is 51.9 Å². The van der Waals surface area contributed by atoms with Crippen molar-refractivity contribution in [3.8, 4) is 0 Å². The molecule has 0 unspecified atom stereocenters. The molecule has 102 valence electrons. The summed E-state index contributed by atoms with van der Waals surface area (Å²) in [6.45, 7) is 2.26. The Labute approximate surface area is 109 Å². The summed E-state index contributed by atoms with van der Waals surface area (Å²) >= 11 is 0. The van der Waals surface area contributed by atoms with Crippen LogP contribution >= 0.6 is 0 Å². The number of aryl methyl sites for hydroxylation is 1. The van der Waals surface area contributed by atoms with Crippen molar-refractivity contribution in [1.29, 1.82) is 0 Å². The Morgan fingerprint density at radius 1 is 1.17 bits per heavy atom. The Morgan fingerprint density at radius 3 is 2.33 bits per heavy atom. The van der Waals surface area contributed by atoms with Crippen LogP contribution in [0.2, 0.25) is 0 Å².